The molecule has 1 aliphatic heterocycles. The summed E-state index contributed by atoms with van der Waals surface area (Å²) in [5.74, 6) is -1.53. The number of rotatable bonds is 1. The highest BCUT2D eigenvalue weighted by atomic mass is 32.1. The van der Waals surface area contributed by atoms with Crippen molar-refractivity contribution in [1.29, 1.82) is 0 Å². The SMILES string of the molecule is CC1NC(=S)N(C2CCCC(C(F)(F)F)C2)C1=O. The second kappa shape index (κ2) is 4.68. The Labute approximate surface area is 109 Å². The van der Waals surface area contributed by atoms with Crippen molar-refractivity contribution >= 4 is 23.2 Å². The molecular formula is C11H15F3N2OS. The number of carbonyl (C=O) groups excluding carboxylic acids is 1. The van der Waals surface area contributed by atoms with E-state index in [0.29, 0.717) is 12.8 Å². The lowest BCUT2D eigenvalue weighted by Gasteiger charge is -2.35. The van der Waals surface area contributed by atoms with E-state index in [0.717, 1.165) is 0 Å². The third kappa shape index (κ3) is 2.46. The van der Waals surface area contributed by atoms with Crippen molar-refractivity contribution in [2.24, 2.45) is 5.92 Å². The number of hydrogen-bond acceptors (Lipinski definition) is 2. The molecule has 0 aromatic heterocycles. The van der Waals surface area contributed by atoms with E-state index < -0.39 is 24.2 Å². The fourth-order valence-electron chi connectivity index (χ4n) is 2.67. The molecule has 0 aromatic rings. The predicted molar refractivity (Wildman–Crippen MR) is 63.8 cm³/mol. The van der Waals surface area contributed by atoms with Crippen molar-refractivity contribution in [3.05, 3.63) is 0 Å². The largest absolute Gasteiger partial charge is 0.391 e. The molecule has 1 heterocycles. The van der Waals surface area contributed by atoms with Crippen LogP contribution in [0.1, 0.15) is 32.6 Å². The van der Waals surface area contributed by atoms with Gasteiger partial charge in [0.1, 0.15) is 6.04 Å². The minimum Gasteiger partial charge on any atom is -0.351 e. The average molecular weight is 280 g/mol. The highest BCUT2D eigenvalue weighted by Gasteiger charge is 2.46. The molecule has 0 bridgehead atoms. The van der Waals surface area contributed by atoms with Crippen LogP contribution in [-0.4, -0.2) is 34.2 Å². The molecule has 2 fully saturated rings. The molecule has 0 spiro atoms. The molecule has 0 radical (unpaired) electrons. The van der Waals surface area contributed by atoms with Crippen LogP contribution in [-0.2, 0) is 4.79 Å². The minimum absolute atomic E-state index is 0.0379. The van der Waals surface area contributed by atoms with E-state index in [9.17, 15) is 18.0 Å². The Hall–Kier alpha value is -0.850. The zero-order chi connectivity index (χ0) is 13.5. The van der Waals surface area contributed by atoms with Crippen LogP contribution >= 0.6 is 12.2 Å². The summed E-state index contributed by atoms with van der Waals surface area (Å²) < 4.78 is 38.2. The van der Waals surface area contributed by atoms with Crippen LogP contribution in [0.2, 0.25) is 0 Å². The topological polar surface area (TPSA) is 32.3 Å². The Bertz CT molecular complexity index is 372. The first-order valence-corrected chi connectivity index (χ1v) is 6.42. The number of amides is 1. The summed E-state index contributed by atoms with van der Waals surface area (Å²) in [5, 5.41) is 3.06. The average Bonchev–Trinajstić information content (AvgIpc) is 2.52. The van der Waals surface area contributed by atoms with E-state index in [-0.39, 0.29) is 23.9 Å². The maximum absolute atomic E-state index is 12.7. The molecule has 102 valence electrons. The van der Waals surface area contributed by atoms with Gasteiger partial charge in [0.15, 0.2) is 5.11 Å². The summed E-state index contributed by atoms with van der Waals surface area (Å²) >= 11 is 5.02. The van der Waals surface area contributed by atoms with Crippen molar-refractivity contribution in [3.63, 3.8) is 0 Å². The fourth-order valence-corrected chi connectivity index (χ4v) is 3.08. The lowest BCUT2D eigenvalue weighted by Crippen LogP contribution is -2.45. The van der Waals surface area contributed by atoms with Gasteiger partial charge in [-0.15, -0.1) is 0 Å². The van der Waals surface area contributed by atoms with Crippen LogP contribution in [0.3, 0.4) is 0 Å². The van der Waals surface area contributed by atoms with Gasteiger partial charge in [0.2, 0.25) is 0 Å². The Balaban J connectivity index is 2.10. The molecule has 2 rings (SSSR count). The Morgan fingerprint density at radius 2 is 2.06 bits per heavy atom. The normalized spacial score (nSPS) is 33.8. The molecule has 1 amide bonds. The number of nitrogens with one attached hydrogen (secondary N) is 1. The first-order chi connectivity index (χ1) is 8.30. The first kappa shape index (κ1) is 13.6. The van der Waals surface area contributed by atoms with E-state index in [1.54, 1.807) is 6.92 Å². The summed E-state index contributed by atoms with van der Waals surface area (Å²) in [6, 6.07) is -0.841. The molecule has 1 N–H and O–H groups in total. The second-order valence-corrected chi connectivity index (χ2v) is 5.33. The Kier molecular flexibility index (Phi) is 3.53. The molecular weight excluding hydrogens is 265 g/mol. The third-order valence-corrected chi connectivity index (χ3v) is 3.96. The molecule has 1 saturated carbocycles. The number of carbonyl (C=O) groups is 1. The van der Waals surface area contributed by atoms with Crippen molar-refractivity contribution in [2.45, 2.75) is 50.9 Å². The van der Waals surface area contributed by atoms with Gasteiger partial charge >= 0.3 is 6.18 Å². The third-order valence-electron chi connectivity index (χ3n) is 3.64. The zero-order valence-corrected chi connectivity index (χ0v) is 10.8. The standard InChI is InChI=1S/C11H15F3N2OS/c1-6-9(17)16(10(18)15-6)8-4-2-3-7(5-8)11(12,13)14/h6-8H,2-5H2,1H3,(H,15,18). The lowest BCUT2D eigenvalue weighted by atomic mass is 9.84. The van der Waals surface area contributed by atoms with Crippen molar-refractivity contribution in [1.82, 2.24) is 10.2 Å². The van der Waals surface area contributed by atoms with E-state index in [1.165, 1.54) is 4.90 Å². The number of hydrogen-bond donors (Lipinski definition) is 1. The summed E-state index contributed by atoms with van der Waals surface area (Å²) in [6.07, 6.45) is -2.99. The molecule has 3 atom stereocenters. The van der Waals surface area contributed by atoms with Crippen molar-refractivity contribution in [2.75, 3.05) is 0 Å². The van der Waals surface area contributed by atoms with Gasteiger partial charge in [-0.1, -0.05) is 6.42 Å². The van der Waals surface area contributed by atoms with Crippen LogP contribution in [0.5, 0.6) is 0 Å². The Morgan fingerprint density at radius 3 is 2.56 bits per heavy atom. The number of thiocarbonyl (C=S) groups is 1. The maximum Gasteiger partial charge on any atom is 0.391 e. The predicted octanol–water partition coefficient (Wildman–Crippen LogP) is 2.21. The second-order valence-electron chi connectivity index (χ2n) is 4.94. The Morgan fingerprint density at radius 1 is 1.39 bits per heavy atom. The first-order valence-electron chi connectivity index (χ1n) is 6.01. The van der Waals surface area contributed by atoms with Crippen molar-refractivity contribution in [3.8, 4) is 0 Å². The highest BCUT2D eigenvalue weighted by Crippen LogP contribution is 2.39. The highest BCUT2D eigenvalue weighted by molar-refractivity contribution is 7.80. The summed E-state index contributed by atoms with van der Waals surface area (Å²) in [5.41, 5.74) is 0. The van der Waals surface area contributed by atoms with Gasteiger partial charge in [0, 0.05) is 6.04 Å². The van der Waals surface area contributed by atoms with Gasteiger partial charge in [-0.3, -0.25) is 9.69 Å². The monoisotopic (exact) mass is 280 g/mol. The van der Waals surface area contributed by atoms with E-state index in [1.807, 2.05) is 0 Å². The molecule has 3 unspecified atom stereocenters. The minimum atomic E-state index is -4.18. The molecule has 7 heteroatoms. The van der Waals surface area contributed by atoms with Crippen LogP contribution < -0.4 is 5.32 Å². The maximum atomic E-state index is 12.7. The molecule has 3 nitrogen and oxygen atoms in total. The molecule has 0 aromatic carbocycles. The number of nitrogens with zero attached hydrogens (tertiary/aromatic N) is 1. The number of halogens is 3. The van der Waals surface area contributed by atoms with Gasteiger partial charge in [0.25, 0.3) is 5.91 Å². The summed E-state index contributed by atoms with van der Waals surface area (Å²) in [7, 11) is 0. The molecule has 2 aliphatic rings. The van der Waals surface area contributed by atoms with Crippen LogP contribution in [0.25, 0.3) is 0 Å². The summed E-state index contributed by atoms with van der Waals surface area (Å²) in [6.45, 7) is 1.67. The van der Waals surface area contributed by atoms with Crippen LogP contribution in [0, 0.1) is 5.92 Å². The number of alkyl halides is 3. The molecule has 1 aliphatic carbocycles. The van der Waals surface area contributed by atoms with Crippen LogP contribution in [0.4, 0.5) is 13.2 Å². The van der Waals surface area contributed by atoms with Gasteiger partial charge in [-0.05, 0) is 38.4 Å². The fraction of sp³-hybridized carbons (Fsp3) is 0.818. The molecule has 18 heavy (non-hydrogen) atoms. The van der Waals surface area contributed by atoms with E-state index >= 15 is 0 Å². The quantitative estimate of drug-likeness (QED) is 0.747. The van der Waals surface area contributed by atoms with Gasteiger partial charge < -0.3 is 5.32 Å². The van der Waals surface area contributed by atoms with Crippen LogP contribution in [0.15, 0.2) is 0 Å². The van der Waals surface area contributed by atoms with Gasteiger partial charge in [-0.25, -0.2) is 0 Å². The van der Waals surface area contributed by atoms with Crippen molar-refractivity contribution < 1.29 is 18.0 Å². The van der Waals surface area contributed by atoms with E-state index in [2.05, 4.69) is 5.32 Å². The molecule has 1 saturated heterocycles. The van der Waals surface area contributed by atoms with Gasteiger partial charge in [-0.2, -0.15) is 13.2 Å². The van der Waals surface area contributed by atoms with Gasteiger partial charge in [0.05, 0.1) is 5.92 Å². The lowest BCUT2D eigenvalue weighted by molar-refractivity contribution is -0.186. The van der Waals surface area contributed by atoms with E-state index in [4.69, 9.17) is 12.2 Å². The zero-order valence-electron chi connectivity index (χ0n) is 9.96. The smallest absolute Gasteiger partial charge is 0.351 e. The summed E-state index contributed by atoms with van der Waals surface area (Å²) in [4.78, 5) is 13.2.